The number of aliphatic hydroxyl groups is 1. The summed E-state index contributed by atoms with van der Waals surface area (Å²) in [7, 11) is 0. The van der Waals surface area contributed by atoms with Crippen molar-refractivity contribution in [2.75, 3.05) is 6.61 Å². The molecule has 1 unspecified atom stereocenters. The van der Waals surface area contributed by atoms with Gasteiger partial charge in [-0.1, -0.05) is 24.0 Å². The van der Waals surface area contributed by atoms with Gasteiger partial charge in [-0.25, -0.2) is 0 Å². The van der Waals surface area contributed by atoms with E-state index in [4.69, 9.17) is 4.74 Å². The van der Waals surface area contributed by atoms with Crippen LogP contribution < -0.4 is 0 Å². The van der Waals surface area contributed by atoms with Gasteiger partial charge in [0.15, 0.2) is 0 Å². The molecule has 1 N–H and O–H groups in total. The highest BCUT2D eigenvalue weighted by atomic mass is 16.5. The highest BCUT2D eigenvalue weighted by Gasteiger charge is 2.03. The third-order valence-electron chi connectivity index (χ3n) is 2.08. The monoisotopic (exact) mass is 260 g/mol. The number of rotatable bonds is 6. The van der Waals surface area contributed by atoms with Crippen molar-refractivity contribution in [2.24, 2.45) is 0 Å². The molecule has 0 saturated heterocycles. The lowest BCUT2D eigenvalue weighted by Crippen LogP contribution is -2.11. The maximum absolute atomic E-state index is 10.5. The predicted octanol–water partition coefficient (Wildman–Crippen LogP) is 2.22. The topological polar surface area (TPSA) is 46.5 Å². The molecule has 102 valence electrons. The standard InChI is InChI=1S/C16H20O3/c1-3-4-5-6-7-8-9-10-11-12-16(18)13-14-19-15(2)17/h3-4,9-10,16,18H,11-14H2,1-2H3/b4-3+,10-9+. The summed E-state index contributed by atoms with van der Waals surface area (Å²) in [6, 6.07) is 0. The third kappa shape index (κ3) is 14.0. The highest BCUT2D eigenvalue weighted by Crippen LogP contribution is 2.02. The molecular formula is C16H20O3. The van der Waals surface area contributed by atoms with E-state index in [1.165, 1.54) is 6.92 Å². The minimum Gasteiger partial charge on any atom is -0.466 e. The van der Waals surface area contributed by atoms with Gasteiger partial charge in [-0.15, -0.1) is 0 Å². The van der Waals surface area contributed by atoms with Crippen LogP contribution in [0.2, 0.25) is 0 Å². The Morgan fingerprint density at radius 3 is 2.58 bits per heavy atom. The van der Waals surface area contributed by atoms with Crippen molar-refractivity contribution in [3.63, 3.8) is 0 Å². The van der Waals surface area contributed by atoms with Crippen molar-refractivity contribution in [2.45, 2.75) is 39.2 Å². The van der Waals surface area contributed by atoms with Crippen molar-refractivity contribution < 1.29 is 14.6 Å². The van der Waals surface area contributed by atoms with Gasteiger partial charge in [-0.2, -0.15) is 0 Å². The average Bonchev–Trinajstić information content (AvgIpc) is 2.36. The smallest absolute Gasteiger partial charge is 0.302 e. The van der Waals surface area contributed by atoms with Crippen molar-refractivity contribution in [1.82, 2.24) is 0 Å². The quantitative estimate of drug-likeness (QED) is 0.588. The molecule has 0 aromatic heterocycles. The molecule has 0 aromatic carbocycles. The van der Waals surface area contributed by atoms with E-state index in [9.17, 15) is 9.90 Å². The Kier molecular flexibility index (Phi) is 11.2. The molecule has 0 aliphatic carbocycles. The van der Waals surface area contributed by atoms with E-state index in [2.05, 4.69) is 23.7 Å². The van der Waals surface area contributed by atoms with Gasteiger partial charge >= 0.3 is 5.97 Å². The van der Waals surface area contributed by atoms with Crippen molar-refractivity contribution in [3.8, 4) is 23.7 Å². The Bertz CT molecular complexity index is 424. The zero-order valence-corrected chi connectivity index (χ0v) is 11.5. The zero-order valence-electron chi connectivity index (χ0n) is 11.5. The first kappa shape index (κ1) is 17.0. The number of esters is 1. The Morgan fingerprint density at radius 2 is 1.95 bits per heavy atom. The van der Waals surface area contributed by atoms with Crippen LogP contribution in [0.3, 0.4) is 0 Å². The van der Waals surface area contributed by atoms with E-state index in [0.29, 0.717) is 12.8 Å². The summed E-state index contributed by atoms with van der Waals surface area (Å²) >= 11 is 0. The Morgan fingerprint density at radius 1 is 1.26 bits per heavy atom. The molecule has 3 heteroatoms. The van der Waals surface area contributed by atoms with Crippen LogP contribution in [-0.2, 0) is 9.53 Å². The fourth-order valence-electron chi connectivity index (χ4n) is 1.15. The fraction of sp³-hybridized carbons (Fsp3) is 0.438. The van der Waals surface area contributed by atoms with Crippen LogP contribution in [-0.4, -0.2) is 23.8 Å². The van der Waals surface area contributed by atoms with Crippen molar-refractivity contribution in [1.29, 1.82) is 0 Å². The van der Waals surface area contributed by atoms with E-state index >= 15 is 0 Å². The maximum atomic E-state index is 10.5. The first-order valence-corrected chi connectivity index (χ1v) is 6.25. The Balaban J connectivity index is 3.67. The van der Waals surface area contributed by atoms with Crippen LogP contribution >= 0.6 is 0 Å². The number of carbonyl (C=O) groups excluding carboxylic acids is 1. The molecule has 19 heavy (non-hydrogen) atoms. The zero-order chi connectivity index (χ0) is 14.3. The first-order valence-electron chi connectivity index (χ1n) is 6.25. The summed E-state index contributed by atoms with van der Waals surface area (Å²) in [5.41, 5.74) is 0. The van der Waals surface area contributed by atoms with E-state index in [0.717, 1.165) is 6.42 Å². The Hall–Kier alpha value is -1.97. The molecule has 0 saturated carbocycles. The molecule has 0 bridgehead atoms. The second-order valence-corrected chi connectivity index (χ2v) is 3.80. The number of allylic oxidation sites excluding steroid dienone is 4. The van der Waals surface area contributed by atoms with E-state index < -0.39 is 6.10 Å². The van der Waals surface area contributed by atoms with Crippen LogP contribution in [0.1, 0.15) is 33.1 Å². The predicted molar refractivity (Wildman–Crippen MR) is 76.0 cm³/mol. The number of hydrogen-bond donors (Lipinski definition) is 1. The minimum atomic E-state index is -0.452. The summed E-state index contributed by atoms with van der Waals surface area (Å²) < 4.78 is 4.74. The van der Waals surface area contributed by atoms with Gasteiger partial charge in [0.2, 0.25) is 0 Å². The molecule has 0 amide bonds. The normalized spacial score (nSPS) is 11.5. The number of carbonyl (C=O) groups is 1. The lowest BCUT2D eigenvalue weighted by Gasteiger charge is -2.08. The van der Waals surface area contributed by atoms with Crippen LogP contribution in [0, 0.1) is 23.7 Å². The summed E-state index contributed by atoms with van der Waals surface area (Å²) in [4.78, 5) is 10.5. The van der Waals surface area contributed by atoms with Gasteiger partial charge < -0.3 is 9.84 Å². The minimum absolute atomic E-state index is 0.264. The van der Waals surface area contributed by atoms with Crippen LogP contribution in [0.15, 0.2) is 24.3 Å². The summed E-state index contributed by atoms with van der Waals surface area (Å²) in [6.07, 6.45) is 8.57. The fourth-order valence-corrected chi connectivity index (χ4v) is 1.15. The molecule has 0 aromatic rings. The molecule has 0 aliphatic heterocycles. The van der Waals surface area contributed by atoms with Gasteiger partial charge in [0.1, 0.15) is 0 Å². The molecule has 3 nitrogen and oxygen atoms in total. The highest BCUT2D eigenvalue weighted by molar-refractivity contribution is 5.65. The third-order valence-corrected chi connectivity index (χ3v) is 2.08. The molecule has 0 rings (SSSR count). The lowest BCUT2D eigenvalue weighted by molar-refractivity contribution is -0.141. The lowest BCUT2D eigenvalue weighted by atomic mass is 10.1. The van der Waals surface area contributed by atoms with Gasteiger partial charge in [0.05, 0.1) is 12.7 Å². The molecule has 0 heterocycles. The van der Waals surface area contributed by atoms with Crippen LogP contribution in [0.25, 0.3) is 0 Å². The largest absolute Gasteiger partial charge is 0.466 e. The summed E-state index contributed by atoms with van der Waals surface area (Å²) in [5.74, 6) is 10.6. The first-order chi connectivity index (χ1) is 9.16. The molecular weight excluding hydrogens is 240 g/mol. The van der Waals surface area contributed by atoms with Gasteiger partial charge in [0.25, 0.3) is 0 Å². The van der Waals surface area contributed by atoms with Gasteiger partial charge in [-0.3, -0.25) is 4.79 Å². The summed E-state index contributed by atoms with van der Waals surface area (Å²) in [6.45, 7) is 3.52. The number of aliphatic hydroxyl groups excluding tert-OH is 1. The van der Waals surface area contributed by atoms with Gasteiger partial charge in [-0.05, 0) is 43.8 Å². The maximum Gasteiger partial charge on any atom is 0.302 e. The van der Waals surface area contributed by atoms with Crippen LogP contribution in [0.5, 0.6) is 0 Å². The van der Waals surface area contributed by atoms with Crippen LogP contribution in [0.4, 0.5) is 0 Å². The second-order valence-electron chi connectivity index (χ2n) is 3.80. The molecule has 0 spiro atoms. The van der Waals surface area contributed by atoms with E-state index in [-0.39, 0.29) is 12.6 Å². The number of ether oxygens (including phenoxy) is 1. The summed E-state index contributed by atoms with van der Waals surface area (Å²) in [5, 5.41) is 9.57. The van der Waals surface area contributed by atoms with E-state index in [1.807, 2.05) is 19.1 Å². The second kappa shape index (κ2) is 12.5. The average molecular weight is 260 g/mol. The molecule has 0 fully saturated rings. The molecule has 0 radical (unpaired) electrons. The SMILES string of the molecule is C/C=C/C#CC#C/C=C/CCC(O)CCOC(C)=O. The van der Waals surface area contributed by atoms with Crippen molar-refractivity contribution in [3.05, 3.63) is 24.3 Å². The number of hydrogen-bond acceptors (Lipinski definition) is 3. The Labute approximate surface area is 115 Å². The van der Waals surface area contributed by atoms with Gasteiger partial charge in [0, 0.05) is 13.3 Å². The molecule has 1 atom stereocenters. The van der Waals surface area contributed by atoms with E-state index in [1.54, 1.807) is 12.2 Å². The molecule has 0 aliphatic rings. The van der Waals surface area contributed by atoms with Crippen molar-refractivity contribution >= 4 is 5.97 Å².